The summed E-state index contributed by atoms with van der Waals surface area (Å²) in [6.45, 7) is 1.82. The van der Waals surface area contributed by atoms with E-state index >= 15 is 0 Å². The molecule has 2 aromatic carbocycles. The second-order valence-corrected chi connectivity index (χ2v) is 11.5. The number of hydrogen-bond donors (Lipinski definition) is 2. The van der Waals surface area contributed by atoms with Crippen LogP contribution in [0.1, 0.15) is 48.0 Å². The Morgan fingerprint density at radius 2 is 1.69 bits per heavy atom. The van der Waals surface area contributed by atoms with Crippen molar-refractivity contribution in [2.45, 2.75) is 44.6 Å². The zero-order chi connectivity index (χ0) is 25.4. The van der Waals surface area contributed by atoms with Crippen molar-refractivity contribution in [3.05, 3.63) is 65.7 Å². The summed E-state index contributed by atoms with van der Waals surface area (Å²) < 4.78 is 32.6. The van der Waals surface area contributed by atoms with E-state index in [1.807, 2.05) is 30.3 Å². The molecule has 2 fully saturated rings. The van der Waals surface area contributed by atoms with Gasteiger partial charge in [0.15, 0.2) is 0 Å². The molecule has 0 spiro atoms. The molecule has 1 atom stereocenters. The molecular weight excluding hydrogens is 478 g/mol. The molecule has 2 aliphatic heterocycles. The van der Waals surface area contributed by atoms with Crippen molar-refractivity contribution in [3.63, 3.8) is 0 Å². The summed E-state index contributed by atoms with van der Waals surface area (Å²) in [6, 6.07) is 16.8. The highest BCUT2D eigenvalue weighted by atomic mass is 32.2. The molecule has 2 amide bonds. The van der Waals surface area contributed by atoms with Gasteiger partial charge in [-0.05, 0) is 56.2 Å². The highest BCUT2D eigenvalue weighted by molar-refractivity contribution is 7.89. The summed E-state index contributed by atoms with van der Waals surface area (Å²) in [7, 11) is -3.35. The van der Waals surface area contributed by atoms with Gasteiger partial charge in [-0.25, -0.2) is 12.7 Å². The van der Waals surface area contributed by atoms with Crippen molar-refractivity contribution >= 4 is 27.5 Å². The Hall–Kier alpha value is -2.75. The van der Waals surface area contributed by atoms with Crippen LogP contribution in [0.4, 0.5) is 5.69 Å². The van der Waals surface area contributed by atoms with Crippen molar-refractivity contribution in [1.82, 2.24) is 9.62 Å². The lowest BCUT2D eigenvalue weighted by Crippen LogP contribution is -2.42. The summed E-state index contributed by atoms with van der Waals surface area (Å²) in [6.07, 6.45) is 4.17. The van der Waals surface area contributed by atoms with E-state index in [-0.39, 0.29) is 29.6 Å². The van der Waals surface area contributed by atoms with Crippen molar-refractivity contribution in [1.29, 1.82) is 0 Å². The maximum absolute atomic E-state index is 13.0. The molecule has 0 bridgehead atoms. The van der Waals surface area contributed by atoms with Gasteiger partial charge in [-0.1, -0.05) is 42.5 Å². The third-order valence-corrected chi connectivity index (χ3v) is 8.83. The molecule has 8 nitrogen and oxygen atoms in total. The van der Waals surface area contributed by atoms with E-state index < -0.39 is 10.0 Å². The summed E-state index contributed by atoms with van der Waals surface area (Å²) in [5.41, 5.74) is 1.99. The van der Waals surface area contributed by atoms with E-state index in [9.17, 15) is 18.0 Å². The molecule has 9 heteroatoms. The van der Waals surface area contributed by atoms with Gasteiger partial charge in [-0.15, -0.1) is 0 Å². The lowest BCUT2D eigenvalue weighted by molar-refractivity contribution is -0.120. The molecule has 0 unspecified atom stereocenters. The number of aryl methyl sites for hydroxylation is 1. The fourth-order valence-electron chi connectivity index (χ4n) is 4.76. The molecule has 2 saturated heterocycles. The number of rotatable bonds is 10. The largest absolute Gasteiger partial charge is 0.376 e. The number of amides is 2. The summed E-state index contributed by atoms with van der Waals surface area (Å²) >= 11 is 0. The van der Waals surface area contributed by atoms with Gasteiger partial charge in [0.05, 0.1) is 23.1 Å². The Morgan fingerprint density at radius 1 is 0.972 bits per heavy atom. The van der Waals surface area contributed by atoms with Crippen LogP contribution < -0.4 is 10.6 Å². The highest BCUT2D eigenvalue weighted by Gasteiger charge is 2.31. The third-order valence-electron chi connectivity index (χ3n) is 6.87. The van der Waals surface area contributed by atoms with Crippen molar-refractivity contribution in [3.8, 4) is 0 Å². The number of benzene rings is 2. The first-order valence-corrected chi connectivity index (χ1v) is 14.3. The van der Waals surface area contributed by atoms with Crippen molar-refractivity contribution in [2.75, 3.05) is 37.3 Å². The molecule has 4 rings (SSSR count). The molecule has 0 radical (unpaired) electrons. The maximum atomic E-state index is 13.0. The lowest BCUT2D eigenvalue weighted by atomic mass is 9.97. The van der Waals surface area contributed by atoms with Gasteiger partial charge < -0.3 is 15.4 Å². The molecule has 0 aromatic heterocycles. The number of piperidine rings is 1. The fourth-order valence-corrected chi connectivity index (χ4v) is 6.30. The molecule has 2 heterocycles. The first-order valence-electron chi connectivity index (χ1n) is 12.7. The number of para-hydroxylation sites is 1. The van der Waals surface area contributed by atoms with Gasteiger partial charge in [0.2, 0.25) is 15.9 Å². The Balaban J connectivity index is 1.25. The van der Waals surface area contributed by atoms with Crippen LogP contribution in [0, 0.1) is 5.92 Å². The van der Waals surface area contributed by atoms with Crippen LogP contribution in [0.2, 0.25) is 0 Å². The molecule has 0 saturated carbocycles. The van der Waals surface area contributed by atoms with Crippen LogP contribution in [0.5, 0.6) is 0 Å². The van der Waals surface area contributed by atoms with E-state index in [0.29, 0.717) is 50.1 Å². The summed E-state index contributed by atoms with van der Waals surface area (Å²) in [5, 5.41) is 5.79. The van der Waals surface area contributed by atoms with Crippen molar-refractivity contribution < 1.29 is 22.7 Å². The third kappa shape index (κ3) is 7.15. The Kier molecular flexibility index (Phi) is 9.12. The first-order chi connectivity index (χ1) is 17.4. The van der Waals surface area contributed by atoms with Gasteiger partial charge in [0, 0.05) is 32.2 Å². The van der Waals surface area contributed by atoms with Crippen molar-refractivity contribution in [2.24, 2.45) is 5.92 Å². The number of carbonyl (C=O) groups is 2. The van der Waals surface area contributed by atoms with Gasteiger partial charge in [-0.3, -0.25) is 9.59 Å². The molecular formula is C27H35N3O5S. The van der Waals surface area contributed by atoms with Gasteiger partial charge >= 0.3 is 0 Å². The number of sulfonamides is 1. The fraction of sp³-hybridized carbons (Fsp3) is 0.481. The molecule has 2 aliphatic rings. The van der Waals surface area contributed by atoms with E-state index in [2.05, 4.69) is 10.6 Å². The topological polar surface area (TPSA) is 105 Å². The Morgan fingerprint density at radius 3 is 2.42 bits per heavy atom. The monoisotopic (exact) mass is 513 g/mol. The minimum atomic E-state index is -3.35. The number of carbonyl (C=O) groups excluding carboxylic acids is 2. The average Bonchev–Trinajstić information content (AvgIpc) is 3.42. The molecule has 194 valence electrons. The summed E-state index contributed by atoms with van der Waals surface area (Å²) in [4.78, 5) is 25.7. The minimum absolute atomic E-state index is 0.0375. The second-order valence-electron chi connectivity index (χ2n) is 9.46. The van der Waals surface area contributed by atoms with Crippen LogP contribution in [0.15, 0.2) is 54.6 Å². The van der Waals surface area contributed by atoms with E-state index in [4.69, 9.17) is 4.74 Å². The normalized spacial score (nSPS) is 19.2. The smallest absolute Gasteiger partial charge is 0.253 e. The molecule has 0 aliphatic carbocycles. The Labute approximate surface area is 213 Å². The lowest BCUT2D eigenvalue weighted by Gasteiger charge is -2.30. The number of nitrogens with one attached hydrogen (secondary N) is 2. The predicted molar refractivity (Wildman–Crippen MR) is 139 cm³/mol. The molecule has 2 N–H and O–H groups in total. The average molecular weight is 514 g/mol. The molecule has 36 heavy (non-hydrogen) atoms. The number of nitrogens with zero attached hydrogens (tertiary/aromatic N) is 1. The number of anilines is 1. The van der Waals surface area contributed by atoms with Gasteiger partial charge in [0.25, 0.3) is 5.91 Å². The van der Waals surface area contributed by atoms with Crippen LogP contribution in [0.3, 0.4) is 0 Å². The first kappa shape index (κ1) is 26.3. The van der Waals surface area contributed by atoms with E-state index in [0.717, 1.165) is 31.4 Å². The zero-order valence-corrected chi connectivity index (χ0v) is 21.3. The van der Waals surface area contributed by atoms with Crippen LogP contribution in [0.25, 0.3) is 0 Å². The maximum Gasteiger partial charge on any atom is 0.253 e. The summed E-state index contributed by atoms with van der Waals surface area (Å²) in [5.74, 6) is -0.634. The van der Waals surface area contributed by atoms with E-state index in [1.165, 1.54) is 4.31 Å². The number of hydrogen-bond acceptors (Lipinski definition) is 5. The van der Waals surface area contributed by atoms with E-state index in [1.54, 1.807) is 24.3 Å². The predicted octanol–water partition coefficient (Wildman–Crippen LogP) is 3.21. The minimum Gasteiger partial charge on any atom is -0.376 e. The quantitative estimate of drug-likeness (QED) is 0.508. The molecule has 2 aromatic rings. The van der Waals surface area contributed by atoms with Crippen LogP contribution in [-0.2, 0) is 26.0 Å². The SMILES string of the molecule is O=C(NC[C@H]1CCCO1)c1ccccc1NC(=O)C1CCN(S(=O)(=O)CCCc2ccccc2)CC1. The van der Waals surface area contributed by atoms with Gasteiger partial charge in [-0.2, -0.15) is 0 Å². The standard InChI is InChI=1S/C27H35N3O5S/c31-26(29-25-13-5-4-12-24(25)27(32)28-20-23-11-6-18-35-23)22-14-16-30(17-15-22)36(33,34)19-7-10-21-8-2-1-3-9-21/h1-5,8-9,12-13,22-23H,6-7,10-11,14-20H2,(H,28,32)(H,29,31)/t23-/m1/s1. The number of ether oxygens (including phenoxy) is 1. The van der Waals surface area contributed by atoms with Crippen LogP contribution >= 0.6 is 0 Å². The second kappa shape index (κ2) is 12.5. The van der Waals surface area contributed by atoms with Gasteiger partial charge in [0.1, 0.15) is 0 Å². The van der Waals surface area contributed by atoms with Crippen LogP contribution in [-0.4, -0.2) is 62.6 Å². The highest BCUT2D eigenvalue weighted by Crippen LogP contribution is 2.24. The Bertz CT molecular complexity index is 1130. The zero-order valence-electron chi connectivity index (χ0n) is 20.5.